The molecule has 2 aliphatic rings. The zero-order valence-corrected chi connectivity index (χ0v) is 32.0. The summed E-state index contributed by atoms with van der Waals surface area (Å²) in [5.74, 6) is -1.49. The first kappa shape index (κ1) is 37.3. The lowest BCUT2D eigenvalue weighted by Crippen LogP contribution is -2.15. The van der Waals surface area contributed by atoms with Gasteiger partial charge in [-0.3, -0.25) is 9.97 Å². The molecule has 3 N–H and O–H groups in total. The van der Waals surface area contributed by atoms with E-state index in [1.54, 1.807) is 45.2 Å². The van der Waals surface area contributed by atoms with Crippen LogP contribution in [0.15, 0.2) is 36.4 Å². The van der Waals surface area contributed by atoms with E-state index in [-0.39, 0.29) is 18.8 Å². The van der Waals surface area contributed by atoms with E-state index in [0.717, 1.165) is 22.5 Å². The number of nitrogens with zero attached hydrogens (tertiary/aromatic N) is 2. The average molecular weight is 721 g/mol. The monoisotopic (exact) mass is 720 g/mol. The molecule has 0 saturated carbocycles. The number of fused-ring (bicyclic) bond motifs is 8. The van der Waals surface area contributed by atoms with Gasteiger partial charge in [0.1, 0.15) is 0 Å². The van der Waals surface area contributed by atoms with Gasteiger partial charge in [0.2, 0.25) is 0 Å². The first-order valence-corrected chi connectivity index (χ1v) is 18.3. The maximum atomic E-state index is 14.0. The molecule has 278 valence electrons. The average Bonchev–Trinajstić information content (AvgIpc) is 3.82. The molecule has 11 nitrogen and oxygen atoms in total. The highest BCUT2D eigenvalue weighted by Crippen LogP contribution is 2.42. The summed E-state index contributed by atoms with van der Waals surface area (Å²) in [6.45, 7) is 16.4. The number of H-pyrrole nitrogens is 2. The topological polar surface area (TPSA) is 156 Å². The summed E-state index contributed by atoms with van der Waals surface area (Å²) in [6.07, 6.45) is 2.07. The lowest BCUT2D eigenvalue weighted by Gasteiger charge is -2.17. The number of rotatable bonds is 9. The molecule has 6 rings (SSSR count). The number of aromatic carboxylic acids is 1. The van der Waals surface area contributed by atoms with Crippen LogP contribution in [0.3, 0.4) is 0 Å². The lowest BCUT2D eigenvalue weighted by atomic mass is 9.85. The highest BCUT2D eigenvalue weighted by atomic mass is 16.5. The third kappa shape index (κ3) is 6.57. The molecule has 53 heavy (non-hydrogen) atoms. The van der Waals surface area contributed by atoms with Crippen molar-refractivity contribution in [2.75, 3.05) is 20.3 Å². The van der Waals surface area contributed by atoms with Crippen LogP contribution in [-0.4, -0.2) is 63.3 Å². The van der Waals surface area contributed by atoms with Gasteiger partial charge in [0, 0.05) is 51.7 Å². The number of aryl methyl sites for hydroxylation is 2. The fraction of sp³-hybridized carbons (Fsp3) is 0.405. The Morgan fingerprint density at radius 2 is 1.21 bits per heavy atom. The predicted octanol–water partition coefficient (Wildman–Crippen LogP) is 8.21. The number of benzene rings is 1. The van der Waals surface area contributed by atoms with Crippen molar-refractivity contribution in [3.63, 3.8) is 0 Å². The molecule has 0 saturated heterocycles. The summed E-state index contributed by atoms with van der Waals surface area (Å²) in [5.41, 5.74) is 8.33. The fourth-order valence-corrected chi connectivity index (χ4v) is 7.61. The fourth-order valence-electron chi connectivity index (χ4n) is 7.61. The molecular formula is C42H48N4O7. The molecule has 0 radical (unpaired) electrons. The molecule has 0 unspecified atom stereocenters. The predicted molar refractivity (Wildman–Crippen MR) is 204 cm³/mol. The maximum Gasteiger partial charge on any atom is 0.340 e. The lowest BCUT2D eigenvalue weighted by molar-refractivity contribution is 0.0518. The normalized spacial score (nSPS) is 14.5. The maximum absolute atomic E-state index is 14.0. The van der Waals surface area contributed by atoms with Crippen molar-refractivity contribution >= 4 is 40.0 Å². The van der Waals surface area contributed by atoms with Crippen molar-refractivity contribution in [3.8, 4) is 16.9 Å². The van der Waals surface area contributed by atoms with Gasteiger partial charge in [-0.2, -0.15) is 0 Å². The second kappa shape index (κ2) is 14.2. The molecule has 0 spiro atoms. The summed E-state index contributed by atoms with van der Waals surface area (Å²) in [5, 5.41) is 9.71. The van der Waals surface area contributed by atoms with Gasteiger partial charge in [-0.1, -0.05) is 53.7 Å². The second-order valence-corrected chi connectivity index (χ2v) is 14.8. The van der Waals surface area contributed by atoms with Gasteiger partial charge in [0.25, 0.3) is 0 Å². The highest BCUT2D eigenvalue weighted by Gasteiger charge is 2.35. The minimum atomic E-state index is -1.04. The summed E-state index contributed by atoms with van der Waals surface area (Å²) >= 11 is 0. The molecule has 8 bridgehead atoms. The van der Waals surface area contributed by atoms with E-state index in [2.05, 4.69) is 37.7 Å². The van der Waals surface area contributed by atoms with E-state index in [1.165, 1.54) is 0 Å². The van der Waals surface area contributed by atoms with Crippen LogP contribution in [0.5, 0.6) is 5.75 Å². The molecule has 5 heterocycles. The first-order chi connectivity index (χ1) is 25.2. The van der Waals surface area contributed by atoms with Crippen molar-refractivity contribution < 1.29 is 33.7 Å². The van der Waals surface area contributed by atoms with Crippen LogP contribution in [0.1, 0.15) is 120 Å². The Kier molecular flexibility index (Phi) is 9.98. The number of ether oxygens (including phenoxy) is 3. The molecular weight excluding hydrogens is 672 g/mol. The van der Waals surface area contributed by atoms with E-state index < -0.39 is 28.7 Å². The molecule has 2 aliphatic heterocycles. The van der Waals surface area contributed by atoms with E-state index in [1.807, 2.05) is 26.0 Å². The Bertz CT molecular complexity index is 2290. The van der Waals surface area contributed by atoms with Gasteiger partial charge < -0.3 is 29.3 Å². The smallest absolute Gasteiger partial charge is 0.340 e. The third-order valence-corrected chi connectivity index (χ3v) is 10.3. The Hall–Kier alpha value is -5.45. The number of aromatic nitrogens is 4. The number of nitrogens with one attached hydrogen (secondary N) is 2. The quantitative estimate of drug-likeness (QED) is 0.145. The van der Waals surface area contributed by atoms with Crippen LogP contribution in [0.25, 0.3) is 33.2 Å². The van der Waals surface area contributed by atoms with Crippen LogP contribution in [0.4, 0.5) is 0 Å². The number of carboxylic acids is 1. The van der Waals surface area contributed by atoms with Gasteiger partial charge in [-0.05, 0) is 67.6 Å². The zero-order valence-electron chi connectivity index (χ0n) is 32.0. The second-order valence-electron chi connectivity index (χ2n) is 14.8. The summed E-state index contributed by atoms with van der Waals surface area (Å²) in [7, 11) is 1.58. The first-order valence-electron chi connectivity index (χ1n) is 18.3. The molecule has 1 aromatic carbocycles. The van der Waals surface area contributed by atoms with Gasteiger partial charge >= 0.3 is 17.9 Å². The minimum absolute atomic E-state index is 0.144. The molecule has 0 atom stereocenters. The standard InChI is InChI=1S/C42H48N4O7/c1-10-24-26-18-31-42(7,8)21-29(44-31)37(51-9)36-34(40(50)53-13-4)25(11-2)27(46-36)19-30-41(5,6)20-28(43-30)32(22-14-16-23(17-15-22)38(47)48)35(45-26)33(24)39(49)52-12-3/h14-19,45-46H,10-13,20-21H2,1-9H3,(H,47,48). The van der Waals surface area contributed by atoms with Crippen molar-refractivity contribution in [3.05, 3.63) is 87.0 Å². The number of hydrogen-bond donors (Lipinski definition) is 3. The van der Waals surface area contributed by atoms with Crippen molar-refractivity contribution in [1.82, 2.24) is 19.9 Å². The number of carbonyl (C=O) groups is 3. The van der Waals surface area contributed by atoms with E-state index in [9.17, 15) is 19.5 Å². The van der Waals surface area contributed by atoms with Crippen LogP contribution in [0.2, 0.25) is 0 Å². The van der Waals surface area contributed by atoms with Crippen LogP contribution in [0, 0.1) is 0 Å². The van der Waals surface area contributed by atoms with Gasteiger partial charge in [0.15, 0.2) is 5.75 Å². The molecule has 0 amide bonds. The Morgan fingerprint density at radius 1 is 0.736 bits per heavy atom. The van der Waals surface area contributed by atoms with Crippen LogP contribution < -0.4 is 4.74 Å². The van der Waals surface area contributed by atoms with Crippen molar-refractivity contribution in [1.29, 1.82) is 0 Å². The number of carboxylic acid groups (broad SMARTS) is 1. The van der Waals surface area contributed by atoms with Crippen LogP contribution in [-0.2, 0) is 46.0 Å². The zero-order chi connectivity index (χ0) is 38.4. The number of carbonyl (C=O) groups excluding carboxylic acids is 2. The summed E-state index contributed by atoms with van der Waals surface area (Å²) in [4.78, 5) is 57.1. The van der Waals surface area contributed by atoms with Gasteiger partial charge in [-0.15, -0.1) is 0 Å². The number of hydrogen-bond acceptors (Lipinski definition) is 8. The van der Waals surface area contributed by atoms with Crippen LogP contribution >= 0.6 is 0 Å². The van der Waals surface area contributed by atoms with E-state index in [0.29, 0.717) is 87.1 Å². The third-order valence-electron chi connectivity index (χ3n) is 10.3. The SMILES string of the molecule is CCOC(=O)c1c(CC)c2cc3nc(c(-c4ccc(C(=O)O)cc4)c4[nH]c(cc5nc(c(OC)c1[nH]2)CC5(C)C)c(CC)c4C(=O)OCC)CC3(C)C. The Balaban J connectivity index is 1.91. The molecule has 0 fully saturated rings. The summed E-state index contributed by atoms with van der Waals surface area (Å²) < 4.78 is 17.4. The van der Waals surface area contributed by atoms with Crippen molar-refractivity contribution in [2.45, 2.75) is 91.9 Å². The largest absolute Gasteiger partial charge is 0.493 e. The van der Waals surface area contributed by atoms with Gasteiger partial charge in [0.05, 0.1) is 59.4 Å². The van der Waals surface area contributed by atoms with E-state index in [4.69, 9.17) is 24.2 Å². The molecule has 11 heteroatoms. The molecule has 0 aliphatic carbocycles. The number of methoxy groups -OCH3 is 1. The Morgan fingerprint density at radius 3 is 1.68 bits per heavy atom. The molecule has 3 aromatic heterocycles. The summed E-state index contributed by atoms with van der Waals surface area (Å²) in [6, 6.07) is 10.6. The van der Waals surface area contributed by atoms with Gasteiger partial charge in [-0.25, -0.2) is 14.4 Å². The number of aromatic amines is 2. The Labute approximate surface area is 309 Å². The highest BCUT2D eigenvalue weighted by molar-refractivity contribution is 6.07. The van der Waals surface area contributed by atoms with Crippen molar-refractivity contribution in [2.24, 2.45) is 0 Å². The molecule has 4 aromatic rings. The minimum Gasteiger partial charge on any atom is -0.493 e. The van der Waals surface area contributed by atoms with E-state index >= 15 is 0 Å². The number of esters is 2.